The van der Waals surface area contributed by atoms with Gasteiger partial charge in [0.2, 0.25) is 0 Å². The van der Waals surface area contributed by atoms with E-state index in [0.717, 1.165) is 0 Å². The topological polar surface area (TPSA) is 296 Å². The molecule has 0 saturated carbocycles. The molecule has 21 nitrogen and oxygen atoms in total. The summed E-state index contributed by atoms with van der Waals surface area (Å²) in [7, 11) is -10.2. The average molecular weight is 1460 g/mol. The van der Waals surface area contributed by atoms with Crippen molar-refractivity contribution in [3.05, 3.63) is 0 Å². The maximum absolute atomic E-state index is 9.59. The Balaban J connectivity index is -0.000000132. The molecular formula is C70H169N7O14P4. The molecule has 7 N–H and O–H groups in total. The smallest absolute Gasteiger partial charge is 0.476 e. The lowest BCUT2D eigenvalue weighted by atomic mass is 10.1. The highest BCUT2D eigenvalue weighted by molar-refractivity contribution is 7.59. The maximum atomic E-state index is 9.59. The number of nitrogens with zero attached hydrogens (tertiary/aromatic N) is 4. The minimum absolute atomic E-state index is 1.35. The van der Waals surface area contributed by atoms with Crippen LogP contribution in [0.25, 0.3) is 0 Å². The predicted octanol–water partition coefficient (Wildman–Crippen LogP) is 15.4. The maximum Gasteiger partial charge on any atom is 0.476 e. The highest BCUT2D eigenvalue weighted by Crippen LogP contribution is 2.51. The molecule has 0 aromatic heterocycles. The first-order valence-electron chi connectivity index (χ1n) is 38.4. The summed E-state index contributed by atoms with van der Waals surface area (Å²) in [6.07, 6.45) is 44.2. The predicted molar refractivity (Wildman–Crippen MR) is 404 cm³/mol. The molecule has 0 aromatic rings. The zero-order chi connectivity index (χ0) is 75.5. The van der Waals surface area contributed by atoms with E-state index in [9.17, 15) is 37.8 Å². The van der Waals surface area contributed by atoms with Crippen LogP contribution >= 0.6 is 31.3 Å². The van der Waals surface area contributed by atoms with Crippen LogP contribution in [0, 0.1) is 0 Å². The first kappa shape index (κ1) is 114. The third-order valence-electron chi connectivity index (χ3n) is 16.2. The Bertz CT molecular complexity index is 1290. The highest BCUT2D eigenvalue weighted by Gasteiger charge is 2.28. The molecule has 0 heterocycles. The fourth-order valence-corrected chi connectivity index (χ4v) is 12.9. The number of quaternary nitrogens is 4. The van der Waals surface area contributed by atoms with E-state index in [-0.39, 0.29) is 0 Å². The van der Waals surface area contributed by atoms with Gasteiger partial charge in [-0.15, -0.1) is 0 Å². The SMILES string of the molecule is CCCC[N+](CCCC)(CCCC)CCCC.CCCC[N+](CCCC)(CCCC)CCCC.CCCC[N+](CCCC)(CCCC)CCCC.CCCC[N+](CCCC)(CCCC)CCCC.CNC.CNC.CNC.O=P([O-])(O)OP(=O)(O)O.O=P([O-])([O-])OP(=O)([O-])O. The van der Waals surface area contributed by atoms with Crippen molar-refractivity contribution in [2.75, 3.05) is 147 Å². The summed E-state index contributed by atoms with van der Waals surface area (Å²) in [6, 6.07) is 0. The molecule has 0 bridgehead atoms. The molecule has 0 rings (SSSR count). The first-order chi connectivity index (χ1) is 44.6. The number of hydrogen-bond acceptors (Lipinski definition) is 13. The molecule has 0 radical (unpaired) electrons. The van der Waals surface area contributed by atoms with Crippen LogP contribution in [0.1, 0.15) is 316 Å². The third-order valence-corrected chi connectivity index (χ3v) is 19.5. The number of rotatable bonds is 52. The van der Waals surface area contributed by atoms with Crippen molar-refractivity contribution in [2.24, 2.45) is 0 Å². The van der Waals surface area contributed by atoms with E-state index in [0.29, 0.717) is 0 Å². The number of hydrogen-bond donors (Lipinski definition) is 7. The van der Waals surface area contributed by atoms with E-state index in [1.807, 2.05) is 42.3 Å². The van der Waals surface area contributed by atoms with E-state index in [1.54, 1.807) is 0 Å². The minimum atomic E-state index is -5.61. The molecule has 2 unspecified atom stereocenters. The van der Waals surface area contributed by atoms with Crippen molar-refractivity contribution in [3.8, 4) is 0 Å². The molecule has 2 atom stereocenters. The lowest BCUT2D eigenvalue weighted by Crippen LogP contribution is -2.50. The van der Waals surface area contributed by atoms with Crippen molar-refractivity contribution in [1.82, 2.24) is 16.0 Å². The van der Waals surface area contributed by atoms with Crippen LogP contribution in [0.3, 0.4) is 0 Å². The van der Waals surface area contributed by atoms with Crippen LogP contribution in [0.4, 0.5) is 0 Å². The molecule has 0 spiro atoms. The Labute approximate surface area is 591 Å². The molecule has 0 aliphatic heterocycles. The van der Waals surface area contributed by atoms with Crippen LogP contribution in [0.15, 0.2) is 0 Å². The minimum Gasteiger partial charge on any atom is -0.790 e. The normalized spacial score (nSPS) is 12.8. The molecule has 0 amide bonds. The summed E-state index contributed by atoms with van der Waals surface area (Å²) >= 11 is 0. The zero-order valence-corrected chi connectivity index (χ0v) is 70.5. The number of nitrogens with one attached hydrogen (secondary N) is 3. The number of phosphoric acid groups is 4. The molecule has 25 heteroatoms. The Morgan fingerprint density at radius 1 is 0.242 bits per heavy atom. The summed E-state index contributed by atoms with van der Waals surface area (Å²) in [4.78, 5) is 68.3. The van der Waals surface area contributed by atoms with Crippen LogP contribution < -0.4 is 35.5 Å². The molecular weight excluding hydrogens is 1290 g/mol. The van der Waals surface area contributed by atoms with Gasteiger partial charge in [-0.1, -0.05) is 214 Å². The van der Waals surface area contributed by atoms with Gasteiger partial charge in [-0.05, 0) is 145 Å². The molecule has 588 valence electrons. The van der Waals surface area contributed by atoms with Gasteiger partial charge < -0.3 is 77.6 Å². The van der Waals surface area contributed by atoms with Crippen molar-refractivity contribution >= 4 is 31.3 Å². The largest absolute Gasteiger partial charge is 0.790 e. The Hall–Kier alpha value is 0.240. The third kappa shape index (κ3) is 94.2. The van der Waals surface area contributed by atoms with Gasteiger partial charge in [-0.2, -0.15) is 0 Å². The van der Waals surface area contributed by atoms with Gasteiger partial charge in [0.15, 0.2) is 0 Å². The van der Waals surface area contributed by atoms with Crippen LogP contribution in [0.5, 0.6) is 0 Å². The fraction of sp³-hybridized carbons (Fsp3) is 1.00. The van der Waals surface area contributed by atoms with Gasteiger partial charge in [0, 0.05) is 0 Å². The van der Waals surface area contributed by atoms with Crippen molar-refractivity contribution in [3.63, 3.8) is 0 Å². The van der Waals surface area contributed by atoms with Gasteiger partial charge in [-0.3, -0.25) is 13.4 Å². The average Bonchev–Trinajstić information content (AvgIpc) is 1.62. The fourth-order valence-electron chi connectivity index (χ4n) is 10.8. The lowest BCUT2D eigenvalue weighted by molar-refractivity contribution is -0.929. The van der Waals surface area contributed by atoms with Gasteiger partial charge in [0.1, 0.15) is 0 Å². The van der Waals surface area contributed by atoms with Gasteiger partial charge in [0.25, 0.3) is 15.6 Å². The molecule has 0 saturated heterocycles. The summed E-state index contributed by atoms with van der Waals surface area (Å²) in [5.41, 5.74) is 0. The summed E-state index contributed by atoms with van der Waals surface area (Å²) < 4.78 is 49.1. The summed E-state index contributed by atoms with van der Waals surface area (Å²) in [6.45, 7) is 60.1. The van der Waals surface area contributed by atoms with Gasteiger partial charge in [-0.25, -0.2) is 8.88 Å². The van der Waals surface area contributed by atoms with Crippen LogP contribution in [-0.4, -0.2) is 185 Å². The first-order valence-corrected chi connectivity index (χ1v) is 44.3. The van der Waals surface area contributed by atoms with E-state index in [2.05, 4.69) is 135 Å². The Morgan fingerprint density at radius 3 is 0.368 bits per heavy atom. The van der Waals surface area contributed by atoms with Crippen LogP contribution in [0.2, 0.25) is 0 Å². The second-order valence-electron chi connectivity index (χ2n) is 26.1. The van der Waals surface area contributed by atoms with Gasteiger partial charge >= 0.3 is 7.82 Å². The second-order valence-corrected chi connectivity index (χ2v) is 31.2. The Kier molecular flexibility index (Phi) is 95.7. The Morgan fingerprint density at radius 2 is 0.337 bits per heavy atom. The van der Waals surface area contributed by atoms with Crippen molar-refractivity contribution in [2.45, 2.75) is 316 Å². The molecule has 0 aliphatic carbocycles. The second kappa shape index (κ2) is 79.9. The van der Waals surface area contributed by atoms with E-state index < -0.39 is 31.3 Å². The zero-order valence-electron chi connectivity index (χ0n) is 66.9. The van der Waals surface area contributed by atoms with E-state index in [1.165, 1.54) is 328 Å². The van der Waals surface area contributed by atoms with E-state index in [4.69, 9.17) is 19.6 Å². The quantitative estimate of drug-likeness (QED) is 0.0220. The summed E-state index contributed by atoms with van der Waals surface area (Å²) in [5, 5.41) is 8.25. The van der Waals surface area contributed by atoms with Gasteiger partial charge in [0.05, 0.1) is 113 Å². The monoisotopic (exact) mass is 1460 g/mol. The molecule has 0 fully saturated rings. The van der Waals surface area contributed by atoms with Crippen LogP contribution in [-0.2, 0) is 26.9 Å². The molecule has 95 heavy (non-hydrogen) atoms. The standard InChI is InChI=1S/4C16H36N.3C2H7N.2H4O7P2/c4*1-5-9-13-17(14-10-6-2,15-11-7-3)16-12-8-4;3*1-3-2;2*1-8(2,3)7-9(4,5)6/h4*5-16H2,1-4H3;3*3H,1-2H3;2*(H2,1,2,3)(H2,4,5,6)/q4*+1;;;;;/p-4. The highest BCUT2D eigenvalue weighted by atomic mass is 31.3. The lowest BCUT2D eigenvalue weighted by Gasteiger charge is -2.39. The van der Waals surface area contributed by atoms with E-state index >= 15 is 0 Å². The van der Waals surface area contributed by atoms with Crippen molar-refractivity contribution < 1.29 is 84.0 Å². The molecule has 0 aliphatic rings. The summed E-state index contributed by atoms with van der Waals surface area (Å²) in [5.74, 6) is 0. The molecule has 0 aromatic carbocycles. The number of unbranched alkanes of at least 4 members (excludes halogenated alkanes) is 16. The van der Waals surface area contributed by atoms with Crippen molar-refractivity contribution in [1.29, 1.82) is 0 Å².